The molecule has 2 fully saturated rings. The largest absolute Gasteiger partial charge is 0.465 e. The maximum atomic E-state index is 13.1. The van der Waals surface area contributed by atoms with E-state index in [9.17, 15) is 14.4 Å². The van der Waals surface area contributed by atoms with Gasteiger partial charge in [-0.1, -0.05) is 36.4 Å². The third kappa shape index (κ3) is 3.29. The Bertz CT molecular complexity index is 978. The van der Waals surface area contributed by atoms with Crippen molar-refractivity contribution in [3.05, 3.63) is 65.2 Å². The van der Waals surface area contributed by atoms with E-state index < -0.39 is 16.9 Å². The standard InChI is InChI=1S/C22H22N2O4S/c1-14-8-9-15(21(27)28-2)12-17(14)23-20(26)18-13-29-22(11-10-19(25)24(18)22)16-6-4-3-5-7-16/h3-9,12,18H,10-11,13H2,1-2H3,(H,23,26)/t18-,22-/m0/s1. The SMILES string of the molecule is COC(=O)c1ccc(C)c(NC(=O)[C@@H]2CS[C@]3(c4ccccc4)CCC(=O)N23)c1. The fourth-order valence-corrected chi connectivity index (χ4v) is 5.70. The number of esters is 1. The fourth-order valence-electron chi connectivity index (χ4n) is 4.05. The average Bonchev–Trinajstić information content (AvgIpc) is 3.29. The molecule has 29 heavy (non-hydrogen) atoms. The monoisotopic (exact) mass is 410 g/mol. The maximum Gasteiger partial charge on any atom is 0.337 e. The first-order chi connectivity index (χ1) is 14.0. The lowest BCUT2D eigenvalue weighted by Crippen LogP contribution is -2.48. The summed E-state index contributed by atoms with van der Waals surface area (Å²) in [6.07, 6.45) is 1.13. The number of anilines is 1. The van der Waals surface area contributed by atoms with E-state index in [-0.39, 0.29) is 11.8 Å². The van der Waals surface area contributed by atoms with Crippen molar-refractivity contribution in [1.82, 2.24) is 4.90 Å². The van der Waals surface area contributed by atoms with Gasteiger partial charge in [-0.15, -0.1) is 11.8 Å². The molecule has 6 nitrogen and oxygen atoms in total. The lowest BCUT2D eigenvalue weighted by molar-refractivity contribution is -0.136. The van der Waals surface area contributed by atoms with Crippen molar-refractivity contribution >= 4 is 35.2 Å². The molecule has 0 aromatic heterocycles. The molecule has 2 amide bonds. The summed E-state index contributed by atoms with van der Waals surface area (Å²) in [6, 6.07) is 14.4. The highest BCUT2D eigenvalue weighted by atomic mass is 32.2. The number of carbonyl (C=O) groups excluding carboxylic acids is 3. The fraction of sp³-hybridized carbons (Fsp3) is 0.318. The van der Waals surface area contributed by atoms with Crippen LogP contribution >= 0.6 is 11.8 Å². The van der Waals surface area contributed by atoms with Crippen molar-refractivity contribution < 1.29 is 19.1 Å². The Labute approximate surface area is 173 Å². The highest BCUT2D eigenvalue weighted by Gasteiger charge is 2.56. The molecule has 0 saturated carbocycles. The van der Waals surface area contributed by atoms with Crippen LogP contribution in [0.3, 0.4) is 0 Å². The third-order valence-corrected chi connectivity index (χ3v) is 7.17. The topological polar surface area (TPSA) is 75.7 Å². The number of ether oxygens (including phenoxy) is 1. The van der Waals surface area contributed by atoms with Crippen molar-refractivity contribution in [2.24, 2.45) is 0 Å². The van der Waals surface area contributed by atoms with Crippen LogP contribution in [0.2, 0.25) is 0 Å². The van der Waals surface area contributed by atoms with Gasteiger partial charge in [0.2, 0.25) is 11.8 Å². The Kier molecular flexibility index (Phi) is 5.08. The van der Waals surface area contributed by atoms with Crippen LogP contribution in [0.25, 0.3) is 0 Å². The number of nitrogens with one attached hydrogen (secondary N) is 1. The first-order valence-electron chi connectivity index (χ1n) is 9.48. The van der Waals surface area contributed by atoms with Crippen LogP contribution in [0.5, 0.6) is 0 Å². The lowest BCUT2D eigenvalue weighted by atomic mass is 10.0. The average molecular weight is 410 g/mol. The number of aryl methyl sites for hydroxylation is 1. The van der Waals surface area contributed by atoms with Gasteiger partial charge in [-0.25, -0.2) is 4.79 Å². The summed E-state index contributed by atoms with van der Waals surface area (Å²) >= 11 is 1.65. The summed E-state index contributed by atoms with van der Waals surface area (Å²) in [6.45, 7) is 1.86. The van der Waals surface area contributed by atoms with Gasteiger partial charge in [0.25, 0.3) is 0 Å². The van der Waals surface area contributed by atoms with E-state index in [0.717, 1.165) is 11.1 Å². The number of hydrogen-bond acceptors (Lipinski definition) is 5. The van der Waals surface area contributed by atoms with Crippen LogP contribution in [0.1, 0.15) is 34.3 Å². The quantitative estimate of drug-likeness (QED) is 0.783. The molecule has 2 aliphatic rings. The van der Waals surface area contributed by atoms with E-state index in [1.54, 1.807) is 34.9 Å². The van der Waals surface area contributed by atoms with E-state index in [2.05, 4.69) is 5.32 Å². The number of thioether (sulfide) groups is 1. The Balaban J connectivity index is 1.61. The van der Waals surface area contributed by atoms with E-state index in [1.807, 2.05) is 37.3 Å². The number of methoxy groups -OCH3 is 1. The molecule has 1 N–H and O–H groups in total. The van der Waals surface area contributed by atoms with Crippen molar-refractivity contribution in [2.75, 3.05) is 18.2 Å². The molecule has 0 spiro atoms. The molecule has 2 heterocycles. The van der Waals surface area contributed by atoms with Gasteiger partial charge in [-0.3, -0.25) is 9.59 Å². The Morgan fingerprint density at radius 2 is 1.97 bits per heavy atom. The van der Waals surface area contributed by atoms with Gasteiger partial charge in [0.1, 0.15) is 10.9 Å². The van der Waals surface area contributed by atoms with Gasteiger partial charge >= 0.3 is 5.97 Å². The van der Waals surface area contributed by atoms with Gasteiger partial charge in [0.15, 0.2) is 0 Å². The Morgan fingerprint density at radius 3 is 2.69 bits per heavy atom. The van der Waals surface area contributed by atoms with Crippen LogP contribution in [-0.4, -0.2) is 41.6 Å². The molecule has 0 bridgehead atoms. The maximum absolute atomic E-state index is 13.1. The molecule has 0 radical (unpaired) electrons. The predicted octanol–water partition coefficient (Wildman–Crippen LogP) is 3.31. The van der Waals surface area contributed by atoms with Crippen LogP contribution in [0.4, 0.5) is 5.69 Å². The minimum absolute atomic E-state index is 0.000892. The zero-order valence-corrected chi connectivity index (χ0v) is 17.1. The molecule has 0 unspecified atom stereocenters. The molecule has 2 aromatic rings. The van der Waals surface area contributed by atoms with Crippen molar-refractivity contribution in [3.63, 3.8) is 0 Å². The van der Waals surface area contributed by atoms with Gasteiger partial charge in [-0.05, 0) is 36.6 Å². The van der Waals surface area contributed by atoms with Crippen molar-refractivity contribution in [2.45, 2.75) is 30.7 Å². The zero-order valence-electron chi connectivity index (χ0n) is 16.3. The summed E-state index contributed by atoms with van der Waals surface area (Å²) in [5, 5.41) is 2.92. The second-order valence-corrected chi connectivity index (χ2v) is 8.55. The first-order valence-corrected chi connectivity index (χ1v) is 10.5. The predicted molar refractivity (Wildman–Crippen MR) is 112 cm³/mol. The summed E-state index contributed by atoms with van der Waals surface area (Å²) in [7, 11) is 1.32. The molecule has 2 aromatic carbocycles. The zero-order chi connectivity index (χ0) is 20.6. The molecule has 150 valence electrons. The number of hydrogen-bond donors (Lipinski definition) is 1. The van der Waals surface area contributed by atoms with Crippen LogP contribution < -0.4 is 5.32 Å². The molecule has 7 heteroatoms. The molecule has 2 saturated heterocycles. The van der Waals surface area contributed by atoms with E-state index in [1.165, 1.54) is 7.11 Å². The van der Waals surface area contributed by atoms with E-state index in [4.69, 9.17) is 4.74 Å². The summed E-state index contributed by atoms with van der Waals surface area (Å²) in [4.78, 5) is 39.0. The smallest absolute Gasteiger partial charge is 0.337 e. The Hall–Kier alpha value is -2.80. The number of benzene rings is 2. The molecule has 2 atom stereocenters. The number of rotatable bonds is 4. The van der Waals surface area contributed by atoms with Gasteiger partial charge in [-0.2, -0.15) is 0 Å². The van der Waals surface area contributed by atoms with Gasteiger partial charge in [0.05, 0.1) is 12.7 Å². The number of amides is 2. The third-order valence-electron chi connectivity index (χ3n) is 5.57. The minimum atomic E-state index is -0.559. The second-order valence-electron chi connectivity index (χ2n) is 7.25. The van der Waals surface area contributed by atoms with E-state index >= 15 is 0 Å². The summed E-state index contributed by atoms with van der Waals surface area (Å²) < 4.78 is 4.76. The second kappa shape index (κ2) is 7.55. The van der Waals surface area contributed by atoms with Crippen molar-refractivity contribution in [3.8, 4) is 0 Å². The molecule has 2 aliphatic heterocycles. The van der Waals surface area contributed by atoms with Crippen molar-refractivity contribution in [1.29, 1.82) is 0 Å². The molecule has 4 rings (SSSR count). The van der Waals surface area contributed by atoms with E-state index in [0.29, 0.717) is 29.8 Å². The summed E-state index contributed by atoms with van der Waals surface area (Å²) in [5.74, 6) is -0.174. The normalized spacial score (nSPS) is 23.0. The Morgan fingerprint density at radius 1 is 1.21 bits per heavy atom. The summed E-state index contributed by atoms with van der Waals surface area (Å²) in [5.41, 5.74) is 2.80. The molecule has 0 aliphatic carbocycles. The molecular formula is C22H22N2O4S. The van der Waals surface area contributed by atoms with Crippen LogP contribution in [0, 0.1) is 6.92 Å². The number of carbonyl (C=O) groups is 3. The minimum Gasteiger partial charge on any atom is -0.465 e. The van der Waals surface area contributed by atoms with Crippen LogP contribution in [0.15, 0.2) is 48.5 Å². The van der Waals surface area contributed by atoms with Gasteiger partial charge in [0, 0.05) is 17.9 Å². The highest BCUT2D eigenvalue weighted by molar-refractivity contribution is 8.00. The highest BCUT2D eigenvalue weighted by Crippen LogP contribution is 2.54. The number of nitrogens with zero attached hydrogens (tertiary/aromatic N) is 1. The van der Waals surface area contributed by atoms with Gasteiger partial charge < -0.3 is 15.0 Å². The molecular weight excluding hydrogens is 388 g/mol. The van der Waals surface area contributed by atoms with Crippen LogP contribution in [-0.2, 0) is 19.2 Å². The number of fused-ring (bicyclic) bond motifs is 1. The lowest BCUT2D eigenvalue weighted by Gasteiger charge is -2.34. The first kappa shape index (κ1) is 19.5.